The van der Waals surface area contributed by atoms with Crippen LogP contribution in [0.1, 0.15) is 44.9 Å². The number of fused-ring (bicyclic) bond motifs is 1. The molecule has 0 spiro atoms. The second-order valence-electron chi connectivity index (χ2n) is 6.91. The third-order valence-electron chi connectivity index (χ3n) is 4.87. The highest BCUT2D eigenvalue weighted by Gasteiger charge is 2.15. The highest BCUT2D eigenvalue weighted by atomic mass is 16.2. The van der Waals surface area contributed by atoms with E-state index in [1.54, 1.807) is 0 Å². The molecule has 5 heteroatoms. The molecule has 1 fully saturated rings. The van der Waals surface area contributed by atoms with Crippen molar-refractivity contribution in [1.82, 2.24) is 10.6 Å². The van der Waals surface area contributed by atoms with Crippen LogP contribution in [-0.2, 0) is 4.79 Å². The van der Waals surface area contributed by atoms with Crippen LogP contribution in [0.4, 0.5) is 10.5 Å². The first-order valence-electron chi connectivity index (χ1n) is 9.54. The number of urea groups is 1. The molecule has 138 valence electrons. The molecule has 1 aliphatic rings. The van der Waals surface area contributed by atoms with Crippen molar-refractivity contribution in [2.45, 2.75) is 51.0 Å². The molecule has 26 heavy (non-hydrogen) atoms. The Morgan fingerprint density at radius 3 is 2.58 bits per heavy atom. The summed E-state index contributed by atoms with van der Waals surface area (Å²) < 4.78 is 0. The molecule has 3 rings (SSSR count). The molecule has 0 unspecified atom stereocenters. The summed E-state index contributed by atoms with van der Waals surface area (Å²) in [5.74, 6) is -0.0316. The number of hydrogen-bond donors (Lipinski definition) is 3. The van der Waals surface area contributed by atoms with Crippen LogP contribution in [0.15, 0.2) is 42.5 Å². The van der Waals surface area contributed by atoms with E-state index in [4.69, 9.17) is 0 Å². The quantitative estimate of drug-likeness (QED) is 0.682. The van der Waals surface area contributed by atoms with Crippen molar-refractivity contribution in [1.29, 1.82) is 0 Å². The maximum absolute atomic E-state index is 12.2. The van der Waals surface area contributed by atoms with Gasteiger partial charge in [-0.15, -0.1) is 0 Å². The average Bonchev–Trinajstić information content (AvgIpc) is 2.66. The Hall–Kier alpha value is -2.56. The first kappa shape index (κ1) is 18.2. The highest BCUT2D eigenvalue weighted by molar-refractivity contribution is 6.02. The normalized spacial score (nSPS) is 14.8. The predicted octanol–water partition coefficient (Wildman–Crippen LogP) is 4.19. The Labute approximate surface area is 154 Å². The van der Waals surface area contributed by atoms with E-state index in [0.29, 0.717) is 25.4 Å². The van der Waals surface area contributed by atoms with Gasteiger partial charge in [0.1, 0.15) is 0 Å². The van der Waals surface area contributed by atoms with Gasteiger partial charge in [0.25, 0.3) is 0 Å². The summed E-state index contributed by atoms with van der Waals surface area (Å²) in [6.45, 7) is 0.501. The van der Waals surface area contributed by atoms with Crippen LogP contribution in [0.25, 0.3) is 10.8 Å². The maximum Gasteiger partial charge on any atom is 0.315 e. The Kier molecular flexibility index (Phi) is 6.47. The molecule has 0 radical (unpaired) electrons. The lowest BCUT2D eigenvalue weighted by Crippen LogP contribution is -2.43. The standard InChI is InChI=1S/C21H27N3O2/c25-20(24-19-13-6-9-16-8-4-5-12-18(16)19)14-7-15-22-21(26)23-17-10-2-1-3-11-17/h4-6,8-9,12-13,17H,1-3,7,10-11,14-15H2,(H,24,25)(H2,22,23,26). The zero-order chi connectivity index (χ0) is 18.2. The van der Waals surface area contributed by atoms with E-state index in [1.807, 2.05) is 42.5 Å². The lowest BCUT2D eigenvalue weighted by molar-refractivity contribution is -0.116. The Morgan fingerprint density at radius 2 is 1.73 bits per heavy atom. The maximum atomic E-state index is 12.2. The first-order chi connectivity index (χ1) is 12.7. The molecular weight excluding hydrogens is 326 g/mol. The van der Waals surface area contributed by atoms with E-state index >= 15 is 0 Å². The molecule has 2 aromatic carbocycles. The zero-order valence-corrected chi connectivity index (χ0v) is 15.1. The molecule has 5 nitrogen and oxygen atoms in total. The molecule has 3 amide bonds. The van der Waals surface area contributed by atoms with Gasteiger partial charge in [-0.05, 0) is 30.7 Å². The van der Waals surface area contributed by atoms with Crippen molar-refractivity contribution < 1.29 is 9.59 Å². The topological polar surface area (TPSA) is 70.2 Å². The van der Waals surface area contributed by atoms with Crippen molar-refractivity contribution in [3.8, 4) is 0 Å². The van der Waals surface area contributed by atoms with E-state index in [9.17, 15) is 9.59 Å². The van der Waals surface area contributed by atoms with Crippen LogP contribution >= 0.6 is 0 Å². The minimum Gasteiger partial charge on any atom is -0.338 e. The molecule has 3 N–H and O–H groups in total. The Balaban J connectivity index is 1.38. The SMILES string of the molecule is O=C(CCCNC(=O)NC1CCCCC1)Nc1cccc2ccccc12. The van der Waals surface area contributed by atoms with Gasteiger partial charge in [-0.2, -0.15) is 0 Å². The number of carbonyl (C=O) groups excluding carboxylic acids is 2. The van der Waals surface area contributed by atoms with Crippen molar-refractivity contribution in [2.24, 2.45) is 0 Å². The van der Waals surface area contributed by atoms with Crippen LogP contribution < -0.4 is 16.0 Å². The van der Waals surface area contributed by atoms with Crippen molar-refractivity contribution >= 4 is 28.4 Å². The summed E-state index contributed by atoms with van der Waals surface area (Å²) in [4.78, 5) is 24.0. The molecule has 1 aliphatic carbocycles. The van der Waals surface area contributed by atoms with Gasteiger partial charge in [0.05, 0.1) is 0 Å². The summed E-state index contributed by atoms with van der Waals surface area (Å²) >= 11 is 0. The highest BCUT2D eigenvalue weighted by Crippen LogP contribution is 2.23. The number of carbonyl (C=O) groups is 2. The van der Waals surface area contributed by atoms with Crippen LogP contribution in [0, 0.1) is 0 Å². The van der Waals surface area contributed by atoms with Gasteiger partial charge in [0.2, 0.25) is 5.91 Å². The zero-order valence-electron chi connectivity index (χ0n) is 15.1. The van der Waals surface area contributed by atoms with E-state index in [-0.39, 0.29) is 11.9 Å². The number of nitrogens with one attached hydrogen (secondary N) is 3. The summed E-state index contributed by atoms with van der Waals surface area (Å²) in [5.41, 5.74) is 0.830. The number of amides is 3. The van der Waals surface area contributed by atoms with Crippen molar-refractivity contribution in [3.63, 3.8) is 0 Å². The minimum atomic E-state index is -0.119. The molecule has 0 aromatic heterocycles. The molecule has 1 saturated carbocycles. The fourth-order valence-corrected chi connectivity index (χ4v) is 3.48. The van der Waals surface area contributed by atoms with Gasteiger partial charge < -0.3 is 16.0 Å². The van der Waals surface area contributed by atoms with Crippen LogP contribution in [0.5, 0.6) is 0 Å². The van der Waals surface area contributed by atoms with E-state index in [2.05, 4.69) is 16.0 Å². The summed E-state index contributed by atoms with van der Waals surface area (Å²) in [5, 5.41) is 11.0. The van der Waals surface area contributed by atoms with Crippen LogP contribution in [0.2, 0.25) is 0 Å². The Bertz CT molecular complexity index is 749. The fourth-order valence-electron chi connectivity index (χ4n) is 3.48. The lowest BCUT2D eigenvalue weighted by Gasteiger charge is -2.22. The van der Waals surface area contributed by atoms with Gasteiger partial charge in [-0.25, -0.2) is 4.79 Å². The van der Waals surface area contributed by atoms with E-state index < -0.39 is 0 Å². The van der Waals surface area contributed by atoms with Gasteiger partial charge in [0, 0.05) is 30.1 Å². The number of anilines is 1. The number of hydrogen-bond acceptors (Lipinski definition) is 2. The predicted molar refractivity (Wildman–Crippen MR) is 105 cm³/mol. The van der Waals surface area contributed by atoms with Gasteiger partial charge >= 0.3 is 6.03 Å². The number of benzene rings is 2. The minimum absolute atomic E-state index is 0.0316. The lowest BCUT2D eigenvalue weighted by atomic mass is 9.96. The molecule has 0 atom stereocenters. The summed E-state index contributed by atoms with van der Waals surface area (Å²) in [7, 11) is 0. The van der Waals surface area contributed by atoms with E-state index in [0.717, 1.165) is 29.3 Å². The number of rotatable bonds is 6. The van der Waals surface area contributed by atoms with Crippen molar-refractivity contribution in [2.75, 3.05) is 11.9 Å². The molecule has 2 aromatic rings. The fraction of sp³-hybridized carbons (Fsp3) is 0.429. The third-order valence-corrected chi connectivity index (χ3v) is 4.87. The molecule has 0 aliphatic heterocycles. The molecular formula is C21H27N3O2. The van der Waals surface area contributed by atoms with Crippen molar-refractivity contribution in [3.05, 3.63) is 42.5 Å². The molecule has 0 saturated heterocycles. The Morgan fingerprint density at radius 1 is 0.962 bits per heavy atom. The van der Waals surface area contributed by atoms with Crippen LogP contribution in [0.3, 0.4) is 0 Å². The van der Waals surface area contributed by atoms with Gasteiger partial charge in [0.15, 0.2) is 0 Å². The smallest absolute Gasteiger partial charge is 0.315 e. The van der Waals surface area contributed by atoms with Gasteiger partial charge in [-0.1, -0.05) is 55.7 Å². The van der Waals surface area contributed by atoms with E-state index in [1.165, 1.54) is 19.3 Å². The second kappa shape index (κ2) is 9.22. The summed E-state index contributed by atoms with van der Waals surface area (Å²) in [6, 6.07) is 14.0. The largest absolute Gasteiger partial charge is 0.338 e. The molecule has 0 bridgehead atoms. The second-order valence-corrected chi connectivity index (χ2v) is 6.91. The van der Waals surface area contributed by atoms with Crippen LogP contribution in [-0.4, -0.2) is 24.5 Å². The monoisotopic (exact) mass is 353 g/mol. The molecule has 0 heterocycles. The van der Waals surface area contributed by atoms with Gasteiger partial charge in [-0.3, -0.25) is 4.79 Å². The third kappa shape index (κ3) is 5.22. The summed E-state index contributed by atoms with van der Waals surface area (Å²) in [6.07, 6.45) is 6.80. The first-order valence-corrected chi connectivity index (χ1v) is 9.54. The average molecular weight is 353 g/mol.